The summed E-state index contributed by atoms with van der Waals surface area (Å²) < 4.78 is 88.1. The normalized spacial score (nSPS) is 14.8. The third-order valence-corrected chi connectivity index (χ3v) is 3.17. The van der Waals surface area contributed by atoms with Gasteiger partial charge < -0.3 is 10.0 Å². The molecule has 0 fully saturated rings. The monoisotopic (exact) mass is 333 g/mol. The highest BCUT2D eigenvalue weighted by Gasteiger charge is 2.72. The van der Waals surface area contributed by atoms with Gasteiger partial charge in [0.05, 0.1) is 6.10 Å². The third kappa shape index (κ3) is 3.63. The van der Waals surface area contributed by atoms with Crippen LogP contribution in [-0.2, 0) is 0 Å². The molecule has 0 amide bonds. The Balaban J connectivity index is 3.04. The molecule has 0 heterocycles. The van der Waals surface area contributed by atoms with Gasteiger partial charge in [0, 0.05) is 26.2 Å². The Morgan fingerprint density at radius 3 is 1.64 bits per heavy atom. The number of alkyl halides is 7. The number of rotatable bonds is 4. The number of anilines is 1. The number of aliphatic hydroxyl groups is 1. The second-order valence-corrected chi connectivity index (χ2v) is 5.00. The molecule has 9 heteroatoms. The van der Waals surface area contributed by atoms with E-state index >= 15 is 0 Å². The van der Waals surface area contributed by atoms with Crippen molar-refractivity contribution in [2.75, 3.05) is 19.0 Å². The van der Waals surface area contributed by atoms with Crippen LogP contribution < -0.4 is 4.90 Å². The lowest BCUT2D eigenvalue weighted by molar-refractivity contribution is -0.347. The molecule has 0 aromatic heterocycles. The summed E-state index contributed by atoms with van der Waals surface area (Å²) in [7, 11) is 3.34. The van der Waals surface area contributed by atoms with Crippen LogP contribution in [0.1, 0.15) is 18.1 Å². The second kappa shape index (κ2) is 5.94. The molecule has 22 heavy (non-hydrogen) atoms. The van der Waals surface area contributed by atoms with E-state index in [0.717, 1.165) is 12.1 Å². The molecule has 0 saturated carbocycles. The molecule has 0 saturated heterocycles. The van der Waals surface area contributed by atoms with Crippen LogP contribution in [0.5, 0.6) is 0 Å². The van der Waals surface area contributed by atoms with Crippen LogP contribution in [0.2, 0.25) is 0 Å². The van der Waals surface area contributed by atoms with Gasteiger partial charge in [0.2, 0.25) is 0 Å². The van der Waals surface area contributed by atoms with Gasteiger partial charge in [-0.15, -0.1) is 0 Å². The maximum Gasteiger partial charge on any atom is 0.431 e. The van der Waals surface area contributed by atoms with Crippen molar-refractivity contribution in [1.82, 2.24) is 0 Å². The van der Waals surface area contributed by atoms with Gasteiger partial charge in [-0.1, -0.05) is 12.1 Å². The van der Waals surface area contributed by atoms with Gasteiger partial charge in [0.1, 0.15) is 0 Å². The lowest BCUT2D eigenvalue weighted by atomic mass is 9.93. The minimum Gasteiger partial charge on any atom is -0.388 e. The second-order valence-electron chi connectivity index (χ2n) is 5.00. The van der Waals surface area contributed by atoms with E-state index in [-0.39, 0.29) is 5.56 Å². The van der Waals surface area contributed by atoms with Gasteiger partial charge >= 0.3 is 18.0 Å². The van der Waals surface area contributed by atoms with Gasteiger partial charge in [-0.05, 0) is 17.7 Å². The zero-order valence-electron chi connectivity index (χ0n) is 11.6. The Labute approximate surface area is 122 Å². The topological polar surface area (TPSA) is 23.5 Å². The standard InChI is InChI=1S/C13H14F7NO/c1-21(2)9-5-3-8(4-6-9)10(22)7-11(14,12(15,16)17)13(18,19)20/h3-6,10,22H,7H2,1-2H3. The van der Waals surface area contributed by atoms with Crippen LogP contribution in [0, 0.1) is 0 Å². The summed E-state index contributed by atoms with van der Waals surface area (Å²) in [6, 6.07) is 5.07. The lowest BCUT2D eigenvalue weighted by Crippen LogP contribution is -2.54. The van der Waals surface area contributed by atoms with Crippen molar-refractivity contribution in [1.29, 1.82) is 0 Å². The molecule has 2 nitrogen and oxygen atoms in total. The van der Waals surface area contributed by atoms with Crippen LogP contribution in [0.4, 0.5) is 36.4 Å². The molecule has 1 rings (SSSR count). The van der Waals surface area contributed by atoms with Crippen LogP contribution in [0.15, 0.2) is 24.3 Å². The van der Waals surface area contributed by atoms with E-state index in [9.17, 15) is 35.8 Å². The molecule has 0 aliphatic carbocycles. The van der Waals surface area contributed by atoms with E-state index in [1.54, 1.807) is 19.0 Å². The van der Waals surface area contributed by atoms with Crippen LogP contribution >= 0.6 is 0 Å². The molecule has 126 valence electrons. The van der Waals surface area contributed by atoms with Crippen molar-refractivity contribution in [2.45, 2.75) is 30.5 Å². The molecule has 0 bridgehead atoms. The predicted molar refractivity (Wildman–Crippen MR) is 66.3 cm³/mol. The third-order valence-electron chi connectivity index (χ3n) is 3.17. The summed E-state index contributed by atoms with van der Waals surface area (Å²) in [5.74, 6) is 0. The SMILES string of the molecule is CN(C)c1ccc(C(O)CC(F)(C(F)(F)F)C(F)(F)F)cc1. The predicted octanol–water partition coefficient (Wildman–Crippen LogP) is 4.01. The smallest absolute Gasteiger partial charge is 0.388 e. The number of aliphatic hydroxyl groups excluding tert-OH is 1. The van der Waals surface area contributed by atoms with E-state index < -0.39 is 30.5 Å². The zero-order chi connectivity index (χ0) is 17.3. The molecule has 0 spiro atoms. The first kappa shape index (κ1) is 18.5. The maximum absolute atomic E-state index is 13.5. The molecule has 1 aromatic rings. The van der Waals surface area contributed by atoms with Crippen molar-refractivity contribution in [3.63, 3.8) is 0 Å². The van der Waals surface area contributed by atoms with Gasteiger partial charge in [-0.2, -0.15) is 26.3 Å². The fourth-order valence-corrected chi connectivity index (χ4v) is 1.77. The van der Waals surface area contributed by atoms with Gasteiger partial charge in [0.25, 0.3) is 0 Å². The summed E-state index contributed by atoms with van der Waals surface area (Å²) in [6.07, 6.45) is -16.7. The van der Waals surface area contributed by atoms with Crippen molar-refractivity contribution in [3.8, 4) is 0 Å². The van der Waals surface area contributed by atoms with Crippen LogP contribution in [0.3, 0.4) is 0 Å². The van der Waals surface area contributed by atoms with Crippen LogP contribution in [0.25, 0.3) is 0 Å². The fourth-order valence-electron chi connectivity index (χ4n) is 1.77. The maximum atomic E-state index is 13.5. The van der Waals surface area contributed by atoms with Crippen LogP contribution in [-0.4, -0.2) is 37.2 Å². The lowest BCUT2D eigenvalue weighted by Gasteiger charge is -2.31. The van der Waals surface area contributed by atoms with Gasteiger partial charge in [-0.3, -0.25) is 0 Å². The summed E-state index contributed by atoms with van der Waals surface area (Å²) in [5, 5.41) is 9.56. The Kier molecular flexibility index (Phi) is 5.01. The van der Waals surface area contributed by atoms with Crippen molar-refractivity contribution < 1.29 is 35.8 Å². The number of hydrogen-bond donors (Lipinski definition) is 1. The minimum absolute atomic E-state index is 0.235. The molecule has 0 aliphatic heterocycles. The molecule has 1 atom stereocenters. The molecule has 1 unspecified atom stereocenters. The Morgan fingerprint density at radius 2 is 1.32 bits per heavy atom. The average Bonchev–Trinajstić information content (AvgIpc) is 2.36. The van der Waals surface area contributed by atoms with Crippen molar-refractivity contribution in [3.05, 3.63) is 29.8 Å². The highest BCUT2D eigenvalue weighted by Crippen LogP contribution is 2.50. The minimum atomic E-state index is -6.17. The average molecular weight is 333 g/mol. The molecule has 0 aliphatic rings. The van der Waals surface area contributed by atoms with Gasteiger partial charge in [-0.25, -0.2) is 4.39 Å². The number of benzene rings is 1. The molecular weight excluding hydrogens is 319 g/mol. The molecule has 0 radical (unpaired) electrons. The largest absolute Gasteiger partial charge is 0.431 e. The van der Waals surface area contributed by atoms with Gasteiger partial charge in [0.15, 0.2) is 0 Å². The van der Waals surface area contributed by atoms with Crippen molar-refractivity contribution in [2.24, 2.45) is 0 Å². The first-order chi connectivity index (χ1) is 9.79. The number of hydrogen-bond acceptors (Lipinski definition) is 2. The first-order valence-corrected chi connectivity index (χ1v) is 6.07. The summed E-state index contributed by atoms with van der Waals surface area (Å²) in [4.78, 5) is 1.64. The fraction of sp³-hybridized carbons (Fsp3) is 0.538. The van der Waals surface area contributed by atoms with E-state index in [1.165, 1.54) is 12.1 Å². The Hall–Kier alpha value is -1.51. The molecular formula is C13H14F7NO. The van der Waals surface area contributed by atoms with E-state index in [4.69, 9.17) is 0 Å². The summed E-state index contributed by atoms with van der Waals surface area (Å²) >= 11 is 0. The number of nitrogens with zero attached hydrogens (tertiary/aromatic N) is 1. The summed E-state index contributed by atoms with van der Waals surface area (Å²) in [5.41, 5.74) is -5.09. The molecule has 1 aromatic carbocycles. The highest BCUT2D eigenvalue weighted by molar-refractivity contribution is 5.46. The Morgan fingerprint density at radius 1 is 0.909 bits per heavy atom. The zero-order valence-corrected chi connectivity index (χ0v) is 11.6. The first-order valence-electron chi connectivity index (χ1n) is 6.07. The summed E-state index contributed by atoms with van der Waals surface area (Å²) in [6.45, 7) is 0. The Bertz CT molecular complexity index is 479. The quantitative estimate of drug-likeness (QED) is 0.842. The van der Waals surface area contributed by atoms with E-state index in [0.29, 0.717) is 5.69 Å². The number of halogens is 7. The van der Waals surface area contributed by atoms with Crippen molar-refractivity contribution >= 4 is 5.69 Å². The van der Waals surface area contributed by atoms with E-state index in [2.05, 4.69) is 0 Å². The molecule has 1 N–H and O–H groups in total. The highest BCUT2D eigenvalue weighted by atomic mass is 19.4. The van der Waals surface area contributed by atoms with E-state index in [1.807, 2.05) is 0 Å².